The Morgan fingerprint density at radius 3 is 2.67 bits per heavy atom. The van der Waals surface area contributed by atoms with Crippen LogP contribution >= 0.6 is 0 Å². The monoisotopic (exact) mass is 318 g/mol. The maximum Gasteiger partial charge on any atom is 0.257 e. The third-order valence-electron chi connectivity index (χ3n) is 4.71. The molecule has 0 bridgehead atoms. The van der Waals surface area contributed by atoms with E-state index in [-0.39, 0.29) is 11.7 Å². The van der Waals surface area contributed by atoms with Gasteiger partial charge in [-0.25, -0.2) is 0 Å². The first-order valence-electron chi connectivity index (χ1n) is 8.01. The number of carbonyl (C=O) groups is 1. The van der Waals surface area contributed by atoms with Crippen molar-refractivity contribution < 1.29 is 14.1 Å². The highest BCUT2D eigenvalue weighted by atomic mass is 16.5. The van der Waals surface area contributed by atoms with Gasteiger partial charge in [0.05, 0.1) is 6.61 Å². The number of rotatable bonds is 2. The average Bonchev–Trinajstić information content (AvgIpc) is 3.35. The van der Waals surface area contributed by atoms with Crippen molar-refractivity contribution in [3.63, 3.8) is 0 Å². The van der Waals surface area contributed by atoms with E-state index in [0.29, 0.717) is 23.9 Å². The standard InChI is InChI=1S/C19H14N2O3/c22-17-15-4-2-1-3-13(15)14-6-5-11(9-16(14)17)19-20-18(21-24-19)12-7-8-23-10-12/h1-6,9,12H,7-8,10H2. The fraction of sp³-hybridized carbons (Fsp3) is 0.211. The first-order chi connectivity index (χ1) is 11.8. The second kappa shape index (κ2) is 5.11. The van der Waals surface area contributed by atoms with Crippen LogP contribution in [0.4, 0.5) is 0 Å². The Morgan fingerprint density at radius 1 is 1.00 bits per heavy atom. The Labute approximate surface area is 138 Å². The lowest BCUT2D eigenvalue weighted by Gasteiger charge is -2.01. The fourth-order valence-electron chi connectivity index (χ4n) is 3.42. The summed E-state index contributed by atoms with van der Waals surface area (Å²) in [5.74, 6) is 1.37. The van der Waals surface area contributed by atoms with Crippen molar-refractivity contribution in [2.45, 2.75) is 12.3 Å². The van der Waals surface area contributed by atoms with Gasteiger partial charge in [0.2, 0.25) is 0 Å². The van der Waals surface area contributed by atoms with Crippen molar-refractivity contribution in [2.24, 2.45) is 0 Å². The predicted octanol–water partition coefficient (Wildman–Crippen LogP) is 3.45. The van der Waals surface area contributed by atoms with Gasteiger partial charge in [0.25, 0.3) is 5.89 Å². The average molecular weight is 318 g/mol. The number of ether oxygens (including phenoxy) is 1. The van der Waals surface area contributed by atoms with E-state index in [1.807, 2.05) is 42.5 Å². The molecule has 1 fully saturated rings. The van der Waals surface area contributed by atoms with Crippen LogP contribution in [0, 0.1) is 0 Å². The molecule has 24 heavy (non-hydrogen) atoms. The maximum absolute atomic E-state index is 12.6. The van der Waals surface area contributed by atoms with Crippen LogP contribution in [0.15, 0.2) is 47.0 Å². The first kappa shape index (κ1) is 13.6. The van der Waals surface area contributed by atoms with Crippen LogP contribution in [0.2, 0.25) is 0 Å². The summed E-state index contributed by atoms with van der Waals surface area (Å²) in [7, 11) is 0. The number of aromatic nitrogens is 2. The Morgan fingerprint density at radius 2 is 1.83 bits per heavy atom. The zero-order chi connectivity index (χ0) is 16.1. The van der Waals surface area contributed by atoms with Gasteiger partial charge in [-0.05, 0) is 29.7 Å². The summed E-state index contributed by atoms with van der Waals surface area (Å²) in [5.41, 5.74) is 4.16. The van der Waals surface area contributed by atoms with Crippen LogP contribution in [0.3, 0.4) is 0 Å². The summed E-state index contributed by atoms with van der Waals surface area (Å²) >= 11 is 0. The molecule has 0 spiro atoms. The number of hydrogen-bond donors (Lipinski definition) is 0. The Balaban J connectivity index is 1.54. The molecule has 1 aliphatic carbocycles. The molecule has 1 unspecified atom stereocenters. The highest BCUT2D eigenvalue weighted by molar-refractivity contribution is 6.22. The number of fused-ring (bicyclic) bond motifs is 3. The van der Waals surface area contributed by atoms with Crippen molar-refractivity contribution in [1.82, 2.24) is 10.1 Å². The third kappa shape index (κ3) is 1.95. The normalized spacial score (nSPS) is 18.7. The zero-order valence-electron chi connectivity index (χ0n) is 12.9. The SMILES string of the molecule is O=C1c2ccccc2-c2ccc(-c3nc(C4CCOC4)no3)cc21. The molecule has 1 saturated heterocycles. The zero-order valence-corrected chi connectivity index (χ0v) is 12.9. The number of carbonyl (C=O) groups excluding carboxylic acids is 1. The van der Waals surface area contributed by atoms with Gasteiger partial charge in [-0.3, -0.25) is 4.79 Å². The molecule has 0 amide bonds. The van der Waals surface area contributed by atoms with Crippen LogP contribution in [0.1, 0.15) is 34.1 Å². The van der Waals surface area contributed by atoms with E-state index in [1.165, 1.54) is 0 Å². The van der Waals surface area contributed by atoms with Gasteiger partial charge in [-0.1, -0.05) is 35.5 Å². The van der Waals surface area contributed by atoms with Crippen LogP contribution in [0.25, 0.3) is 22.6 Å². The summed E-state index contributed by atoms with van der Waals surface area (Å²) in [5, 5.41) is 4.08. The Bertz CT molecular complexity index is 955. The van der Waals surface area contributed by atoms with Gasteiger partial charge < -0.3 is 9.26 Å². The quantitative estimate of drug-likeness (QED) is 0.566. The molecule has 2 aliphatic rings. The molecule has 1 aliphatic heterocycles. The predicted molar refractivity (Wildman–Crippen MR) is 86.8 cm³/mol. The van der Waals surface area contributed by atoms with Crippen molar-refractivity contribution in [3.8, 4) is 22.6 Å². The molecule has 118 valence electrons. The molecule has 5 nitrogen and oxygen atoms in total. The van der Waals surface area contributed by atoms with E-state index in [4.69, 9.17) is 9.26 Å². The van der Waals surface area contributed by atoms with Crippen molar-refractivity contribution in [3.05, 3.63) is 59.4 Å². The molecule has 2 aromatic carbocycles. The fourth-order valence-corrected chi connectivity index (χ4v) is 3.42. The summed E-state index contributed by atoms with van der Waals surface area (Å²) in [6.07, 6.45) is 0.914. The molecule has 0 N–H and O–H groups in total. The minimum absolute atomic E-state index is 0.0476. The topological polar surface area (TPSA) is 65.2 Å². The number of ketones is 1. The lowest BCUT2D eigenvalue weighted by molar-refractivity contribution is 0.104. The van der Waals surface area contributed by atoms with Crippen LogP contribution < -0.4 is 0 Å². The van der Waals surface area contributed by atoms with Gasteiger partial charge >= 0.3 is 0 Å². The highest BCUT2D eigenvalue weighted by Crippen LogP contribution is 2.38. The van der Waals surface area contributed by atoms with Gasteiger partial charge in [-0.2, -0.15) is 4.98 Å². The van der Waals surface area contributed by atoms with Gasteiger partial charge in [-0.15, -0.1) is 0 Å². The number of benzene rings is 2. The molecule has 1 atom stereocenters. The smallest absolute Gasteiger partial charge is 0.257 e. The molecular weight excluding hydrogens is 304 g/mol. The van der Waals surface area contributed by atoms with Crippen molar-refractivity contribution in [1.29, 1.82) is 0 Å². The van der Waals surface area contributed by atoms with Gasteiger partial charge in [0.1, 0.15) is 0 Å². The highest BCUT2D eigenvalue weighted by Gasteiger charge is 2.28. The molecule has 3 aromatic rings. The molecule has 2 heterocycles. The minimum Gasteiger partial charge on any atom is -0.381 e. The van der Waals surface area contributed by atoms with E-state index in [9.17, 15) is 4.79 Å². The molecule has 1 aromatic heterocycles. The van der Waals surface area contributed by atoms with E-state index < -0.39 is 0 Å². The van der Waals surface area contributed by atoms with Crippen LogP contribution in [-0.4, -0.2) is 29.1 Å². The second-order valence-corrected chi connectivity index (χ2v) is 6.15. The Hall–Kier alpha value is -2.79. The van der Waals surface area contributed by atoms with Gasteiger partial charge in [0, 0.05) is 29.2 Å². The third-order valence-corrected chi connectivity index (χ3v) is 4.71. The summed E-state index contributed by atoms with van der Waals surface area (Å²) in [4.78, 5) is 17.1. The summed E-state index contributed by atoms with van der Waals surface area (Å²) in [6, 6.07) is 13.4. The molecule has 5 heteroatoms. The molecule has 0 radical (unpaired) electrons. The molecule has 0 saturated carbocycles. The van der Waals surface area contributed by atoms with Crippen LogP contribution in [-0.2, 0) is 4.74 Å². The summed E-state index contributed by atoms with van der Waals surface area (Å²) < 4.78 is 10.8. The number of nitrogens with zero attached hydrogens (tertiary/aromatic N) is 2. The molecule has 5 rings (SSSR count). The second-order valence-electron chi connectivity index (χ2n) is 6.15. The van der Waals surface area contributed by atoms with E-state index in [0.717, 1.165) is 35.3 Å². The first-order valence-corrected chi connectivity index (χ1v) is 8.01. The number of hydrogen-bond acceptors (Lipinski definition) is 5. The molecular formula is C19H14N2O3. The van der Waals surface area contributed by atoms with E-state index >= 15 is 0 Å². The lowest BCUT2D eigenvalue weighted by atomic mass is 10.0. The lowest BCUT2D eigenvalue weighted by Crippen LogP contribution is -1.99. The van der Waals surface area contributed by atoms with E-state index in [1.54, 1.807) is 0 Å². The van der Waals surface area contributed by atoms with Crippen LogP contribution in [0.5, 0.6) is 0 Å². The minimum atomic E-state index is 0.0476. The van der Waals surface area contributed by atoms with Crippen molar-refractivity contribution >= 4 is 5.78 Å². The van der Waals surface area contributed by atoms with E-state index in [2.05, 4.69) is 10.1 Å². The van der Waals surface area contributed by atoms with Gasteiger partial charge in [0.15, 0.2) is 11.6 Å². The maximum atomic E-state index is 12.6. The Kier molecular flexibility index (Phi) is 2.90. The van der Waals surface area contributed by atoms with Crippen molar-refractivity contribution in [2.75, 3.05) is 13.2 Å². The largest absolute Gasteiger partial charge is 0.381 e. The summed E-state index contributed by atoms with van der Waals surface area (Å²) in [6.45, 7) is 1.37.